The van der Waals surface area contributed by atoms with Crippen molar-refractivity contribution in [1.82, 2.24) is 26.6 Å². The van der Waals surface area contributed by atoms with Crippen LogP contribution in [0.25, 0.3) is 0 Å². The molecule has 3 saturated heterocycles. The van der Waals surface area contributed by atoms with Crippen molar-refractivity contribution in [3.8, 4) is 0 Å². The number of ether oxygens (including phenoxy) is 9. The molecule has 0 unspecified atom stereocenters. The molecule has 95 heavy (non-hydrogen) atoms. The Morgan fingerprint density at radius 2 is 0.705 bits per heavy atom. The van der Waals surface area contributed by atoms with Crippen molar-refractivity contribution in [2.24, 2.45) is 0 Å². The second kappa shape index (κ2) is 35.2. The van der Waals surface area contributed by atoms with Gasteiger partial charge in [-0.25, -0.2) is 4.79 Å². The molecule has 10 rings (SSSR count). The van der Waals surface area contributed by atoms with Crippen LogP contribution in [0, 0.1) is 0 Å². The largest absolute Gasteiger partial charge is 0.444 e. The molecule has 7 aromatic rings. The molecule has 0 saturated carbocycles. The number of rotatable bonds is 25. The number of carbonyl (C=O) groups excluding carboxylic acids is 5. The van der Waals surface area contributed by atoms with Crippen LogP contribution in [0.15, 0.2) is 212 Å². The van der Waals surface area contributed by atoms with E-state index in [1.165, 1.54) is 0 Å². The Bertz CT molecular complexity index is 3470. The summed E-state index contributed by atoms with van der Waals surface area (Å²) in [6.45, 7) is 5.36. The van der Waals surface area contributed by atoms with Crippen molar-refractivity contribution in [3.63, 3.8) is 0 Å². The van der Waals surface area contributed by atoms with Crippen LogP contribution in [0.4, 0.5) is 4.79 Å². The summed E-state index contributed by atoms with van der Waals surface area (Å²) in [6, 6.07) is 64.1. The molecule has 500 valence electrons. The first-order valence-corrected chi connectivity index (χ1v) is 32.7. The van der Waals surface area contributed by atoms with Gasteiger partial charge in [-0.3, -0.25) is 19.2 Å². The Morgan fingerprint density at radius 3 is 1.05 bits per heavy atom. The van der Waals surface area contributed by atoms with Crippen LogP contribution in [0.3, 0.4) is 0 Å². The van der Waals surface area contributed by atoms with Gasteiger partial charge in [0, 0.05) is 26.1 Å². The molecule has 0 radical (unpaired) electrons. The molecule has 0 spiro atoms. The summed E-state index contributed by atoms with van der Waals surface area (Å²) in [5.41, 5.74) is 4.95. The first-order chi connectivity index (χ1) is 46.3. The topological polar surface area (TPSA) is 229 Å². The summed E-state index contributed by atoms with van der Waals surface area (Å²) in [7, 11) is 0. The summed E-state index contributed by atoms with van der Waals surface area (Å²) >= 11 is 0. The molecule has 3 heterocycles. The molecule has 7 aromatic carbocycles. The van der Waals surface area contributed by atoms with Gasteiger partial charge in [0.25, 0.3) is 11.8 Å². The molecule has 4 bridgehead atoms. The smallest absolute Gasteiger partial charge is 0.407 e. The van der Waals surface area contributed by atoms with Crippen molar-refractivity contribution >= 4 is 29.7 Å². The summed E-state index contributed by atoms with van der Waals surface area (Å²) in [6.07, 6.45) is -11.5. The maximum Gasteiger partial charge on any atom is 0.407 e. The minimum atomic E-state index is -1.49. The highest BCUT2D eigenvalue weighted by molar-refractivity contribution is 5.91. The van der Waals surface area contributed by atoms with Crippen LogP contribution in [-0.2, 0) is 108 Å². The van der Waals surface area contributed by atoms with Gasteiger partial charge in [0.05, 0.1) is 39.6 Å². The number of carbonyl (C=O) groups is 5. The molecule has 5 N–H and O–H groups in total. The molecule has 3 aliphatic heterocycles. The van der Waals surface area contributed by atoms with Gasteiger partial charge in [0.2, 0.25) is 11.8 Å². The van der Waals surface area contributed by atoms with Crippen LogP contribution in [0.2, 0.25) is 0 Å². The van der Waals surface area contributed by atoms with E-state index >= 15 is 19.2 Å². The van der Waals surface area contributed by atoms with Crippen LogP contribution in [0.5, 0.6) is 0 Å². The van der Waals surface area contributed by atoms with Gasteiger partial charge in [-0.2, -0.15) is 0 Å². The van der Waals surface area contributed by atoms with Gasteiger partial charge in [-0.15, -0.1) is 0 Å². The van der Waals surface area contributed by atoms with Crippen molar-refractivity contribution < 1.29 is 66.6 Å². The number of hydrogen-bond acceptors (Lipinski definition) is 14. The number of alkyl carbamates (subject to hydrolysis) is 1. The predicted octanol–water partition coefficient (Wildman–Crippen LogP) is 9.19. The van der Waals surface area contributed by atoms with E-state index in [2.05, 4.69) is 26.6 Å². The summed E-state index contributed by atoms with van der Waals surface area (Å²) in [4.78, 5) is 75.1. The number of unbranched alkanes of at least 4 members (excludes halogenated alkanes) is 1. The van der Waals surface area contributed by atoms with Gasteiger partial charge in [-0.05, 0) is 79.0 Å². The van der Waals surface area contributed by atoms with E-state index in [1.807, 2.05) is 212 Å². The number of amides is 5. The monoisotopic (exact) mass is 1290 g/mol. The molecule has 12 atom stereocenters. The predicted molar refractivity (Wildman–Crippen MR) is 356 cm³/mol. The second-order valence-corrected chi connectivity index (χ2v) is 25.0. The zero-order chi connectivity index (χ0) is 66.2. The lowest BCUT2D eigenvalue weighted by molar-refractivity contribution is -0.260. The number of hydrogen-bond donors (Lipinski definition) is 5. The van der Waals surface area contributed by atoms with Crippen molar-refractivity contribution in [2.45, 2.75) is 165 Å². The van der Waals surface area contributed by atoms with Crippen molar-refractivity contribution in [1.29, 1.82) is 0 Å². The first kappa shape index (κ1) is 69.2. The Kier molecular flexibility index (Phi) is 25.7. The quantitative estimate of drug-likeness (QED) is 0.0336. The van der Waals surface area contributed by atoms with Gasteiger partial charge < -0.3 is 69.2 Å². The Hall–Kier alpha value is -8.63. The second-order valence-electron chi connectivity index (χ2n) is 25.0. The maximum atomic E-state index is 15.8. The van der Waals surface area contributed by atoms with Crippen molar-refractivity contribution in [2.75, 3.05) is 19.6 Å². The van der Waals surface area contributed by atoms with Crippen LogP contribution < -0.4 is 26.6 Å². The van der Waals surface area contributed by atoms with Crippen LogP contribution in [0.1, 0.15) is 79.0 Å². The molecule has 0 aliphatic carbocycles. The van der Waals surface area contributed by atoms with Gasteiger partial charge in [0.1, 0.15) is 66.5 Å². The highest BCUT2D eigenvalue weighted by Crippen LogP contribution is 2.34. The molecule has 0 aromatic heterocycles. The number of benzene rings is 7. The average molecular weight is 1290 g/mol. The third kappa shape index (κ3) is 20.9. The van der Waals surface area contributed by atoms with Crippen LogP contribution in [-0.4, -0.2) is 128 Å². The molecule has 3 fully saturated rings. The molecule has 5 amide bonds. The summed E-state index contributed by atoms with van der Waals surface area (Å²) in [5.74, 6) is -2.58. The number of fused-ring (bicyclic) bond motifs is 4. The molecular weight excluding hydrogens is 1210 g/mol. The molecule has 19 heteroatoms. The van der Waals surface area contributed by atoms with Gasteiger partial charge in [0.15, 0.2) is 12.2 Å². The fourth-order valence-corrected chi connectivity index (χ4v) is 11.8. The van der Waals surface area contributed by atoms with E-state index in [4.69, 9.17) is 42.6 Å². The van der Waals surface area contributed by atoms with E-state index < -0.39 is 108 Å². The average Bonchev–Trinajstić information content (AvgIpc) is 0.789. The lowest BCUT2D eigenvalue weighted by atomic mass is 9.92. The first-order valence-electron chi connectivity index (χ1n) is 32.7. The van der Waals surface area contributed by atoms with E-state index in [1.54, 1.807) is 20.8 Å². The summed E-state index contributed by atoms with van der Waals surface area (Å²) in [5, 5.41) is 15.2. The Labute approximate surface area is 556 Å². The van der Waals surface area contributed by atoms with Crippen molar-refractivity contribution in [3.05, 3.63) is 251 Å². The normalized spacial score (nSPS) is 24.3. The third-order valence-corrected chi connectivity index (χ3v) is 16.6. The lowest BCUT2D eigenvalue weighted by Gasteiger charge is -2.46. The summed E-state index contributed by atoms with van der Waals surface area (Å²) < 4.78 is 61.1. The zero-order valence-corrected chi connectivity index (χ0v) is 54.0. The van der Waals surface area contributed by atoms with E-state index in [-0.39, 0.29) is 72.1 Å². The fraction of sp³-hybridized carbons (Fsp3) is 0.382. The number of nitrogens with one attached hydrogen (secondary N) is 5. The maximum absolute atomic E-state index is 15.8. The minimum absolute atomic E-state index is 0.0240. The molecule has 3 aliphatic rings. The van der Waals surface area contributed by atoms with E-state index in [9.17, 15) is 4.79 Å². The third-order valence-electron chi connectivity index (χ3n) is 16.6. The fourth-order valence-electron chi connectivity index (χ4n) is 11.8. The van der Waals surface area contributed by atoms with E-state index in [0.717, 1.165) is 38.9 Å². The standard InChI is InChI=1S/C76H87N5O14/c1-76(2,3)95-75(86)77-42-26-25-41-59-71(82)78-44-61-63(87-46-53-29-13-5-14-30-53)66(90-49-56-35-19-8-20-36-56)68(92-51-58-39-23-10-24-40-58)70(94-61)74(85)81-60(43-52-27-11-4-12-28-52)72(83)79-45-62-64(88-47-54-31-15-6-16-32-54)65(89-48-55-33-17-7-18-34-55)67(69(93-62)73(84)80-59)91-50-57-37-21-9-22-38-57/h4-24,27-40,59-70H,25-26,41-51H2,1-3H3,(H,77,86)(H,78,82)(H,79,83)(H,80,84)(H,81,85)/t59-,60-,61-,62-,63-,64-,65+,66+,67-,68-,69-,70-/m0/s1. The van der Waals surface area contributed by atoms with Gasteiger partial charge >= 0.3 is 6.09 Å². The molecule has 19 nitrogen and oxygen atoms in total. The highest BCUT2D eigenvalue weighted by Gasteiger charge is 2.54. The minimum Gasteiger partial charge on any atom is -0.444 e. The van der Waals surface area contributed by atoms with Crippen LogP contribution >= 0.6 is 0 Å². The lowest BCUT2D eigenvalue weighted by Crippen LogP contribution is -2.68. The molecular formula is C76H87N5O14. The Balaban J connectivity index is 1.06. The highest BCUT2D eigenvalue weighted by atomic mass is 16.6. The Morgan fingerprint density at radius 1 is 0.400 bits per heavy atom. The van der Waals surface area contributed by atoms with Gasteiger partial charge in [-0.1, -0.05) is 212 Å². The zero-order valence-electron chi connectivity index (χ0n) is 54.0. The van der Waals surface area contributed by atoms with E-state index in [0.29, 0.717) is 12.8 Å². The SMILES string of the molecule is CC(C)(C)OC(=O)NCCCC[C@@H]1NC(=O)[C@H]2O[C@@H](CNC(=O)[C@H](Cc3ccccc3)NC(=O)[C@H]3O[C@@H](CNC1=O)[C@H](OCc1ccccc1)[C@@H](OCc1ccccc1)[C@@H]3OCc1ccccc1)[C@H](OCc1ccccc1)[C@@H](OCc1ccccc1)[C@@H]2OCc1ccccc1.